The van der Waals surface area contributed by atoms with Gasteiger partial charge in [0, 0.05) is 11.5 Å². The van der Waals surface area contributed by atoms with Crippen LogP contribution in [-0.4, -0.2) is 5.16 Å². The summed E-state index contributed by atoms with van der Waals surface area (Å²) in [5.74, 6) is 2.08. The summed E-state index contributed by atoms with van der Waals surface area (Å²) in [6.45, 7) is 4.41. The summed E-state index contributed by atoms with van der Waals surface area (Å²) >= 11 is 0. The molecular weight excluding hydrogens is 268 g/mol. The van der Waals surface area contributed by atoms with E-state index in [2.05, 4.69) is 10.3 Å². The van der Waals surface area contributed by atoms with Crippen LogP contribution in [0.4, 0.5) is 0 Å². The maximum absolute atomic E-state index is 10.6. The fourth-order valence-electron chi connectivity index (χ4n) is 2.54. The first-order chi connectivity index (χ1) is 10.2. The number of hydrogen-bond donors (Lipinski definition) is 0. The number of ether oxygens (including phenoxy) is 1. The largest absolute Gasteiger partial charge is 0.487 e. The molecule has 2 aromatic rings. The monoisotopic (exact) mass is 286 g/mol. The second-order valence-corrected chi connectivity index (χ2v) is 5.54. The van der Waals surface area contributed by atoms with E-state index in [1.54, 1.807) is 0 Å². The lowest BCUT2D eigenvalue weighted by Gasteiger charge is -2.11. The molecular formula is C16H18N2O3. The molecule has 1 aromatic carbocycles. The standard InChI is InChI=1S/C16H18N2O3/c1-10-4-3-5-11(2)15(10)20-9-14-13(8-17-19)16(21-18-14)12-6-7-12/h3-5,12H,6-9H2,1-2H3. The number of nitroso groups, excluding NO2 is 1. The Morgan fingerprint density at radius 2 is 2.05 bits per heavy atom. The molecule has 5 heteroatoms. The quantitative estimate of drug-likeness (QED) is 0.752. The minimum absolute atomic E-state index is 0.0980. The highest BCUT2D eigenvalue weighted by molar-refractivity contribution is 5.40. The van der Waals surface area contributed by atoms with Gasteiger partial charge in [0.2, 0.25) is 0 Å². The lowest BCUT2D eigenvalue weighted by molar-refractivity contribution is 0.283. The summed E-state index contributed by atoms with van der Waals surface area (Å²) in [5.41, 5.74) is 3.64. The van der Waals surface area contributed by atoms with Crippen molar-refractivity contribution in [1.29, 1.82) is 0 Å². The van der Waals surface area contributed by atoms with Crippen LogP contribution < -0.4 is 4.74 Å². The summed E-state index contributed by atoms with van der Waals surface area (Å²) in [7, 11) is 0. The Kier molecular flexibility index (Phi) is 3.73. The molecule has 3 rings (SSSR count). The number of nitrogens with zero attached hydrogens (tertiary/aromatic N) is 2. The Labute approximate surface area is 123 Å². The highest BCUT2D eigenvalue weighted by Crippen LogP contribution is 2.42. The molecule has 0 bridgehead atoms. The number of aryl methyl sites for hydroxylation is 2. The van der Waals surface area contributed by atoms with E-state index in [4.69, 9.17) is 9.26 Å². The van der Waals surface area contributed by atoms with E-state index in [0.29, 0.717) is 18.2 Å². The van der Waals surface area contributed by atoms with Crippen molar-refractivity contribution in [2.45, 2.75) is 45.8 Å². The number of aromatic nitrogens is 1. The third kappa shape index (κ3) is 2.82. The second-order valence-electron chi connectivity index (χ2n) is 5.54. The van der Waals surface area contributed by atoms with Crippen molar-refractivity contribution in [3.63, 3.8) is 0 Å². The van der Waals surface area contributed by atoms with Crippen LogP contribution in [0.1, 0.15) is 46.9 Å². The van der Waals surface area contributed by atoms with Gasteiger partial charge in [-0.15, -0.1) is 0 Å². The molecule has 0 aliphatic heterocycles. The van der Waals surface area contributed by atoms with Gasteiger partial charge in [0.15, 0.2) is 0 Å². The molecule has 1 aromatic heterocycles. The summed E-state index contributed by atoms with van der Waals surface area (Å²) in [5, 5.41) is 7.07. The third-order valence-electron chi connectivity index (χ3n) is 3.83. The molecule has 110 valence electrons. The van der Waals surface area contributed by atoms with E-state index < -0.39 is 0 Å². The Bertz CT molecular complexity index is 639. The molecule has 1 fully saturated rings. The minimum Gasteiger partial charge on any atom is -0.487 e. The Balaban J connectivity index is 1.80. The van der Waals surface area contributed by atoms with Crippen LogP contribution in [0.2, 0.25) is 0 Å². The van der Waals surface area contributed by atoms with Gasteiger partial charge in [-0.05, 0) is 37.8 Å². The average molecular weight is 286 g/mol. The van der Waals surface area contributed by atoms with Crippen molar-refractivity contribution in [3.05, 3.63) is 51.3 Å². The van der Waals surface area contributed by atoms with Gasteiger partial charge in [-0.3, -0.25) is 0 Å². The van der Waals surface area contributed by atoms with Gasteiger partial charge < -0.3 is 9.26 Å². The lowest BCUT2D eigenvalue weighted by atomic mass is 10.1. The van der Waals surface area contributed by atoms with Crippen LogP contribution in [0.15, 0.2) is 27.9 Å². The zero-order chi connectivity index (χ0) is 14.8. The van der Waals surface area contributed by atoms with Crippen molar-refractivity contribution in [1.82, 2.24) is 5.16 Å². The van der Waals surface area contributed by atoms with Crippen LogP contribution in [0, 0.1) is 18.8 Å². The number of para-hydroxylation sites is 1. The Morgan fingerprint density at radius 1 is 1.33 bits per heavy atom. The molecule has 0 spiro atoms. The molecule has 0 saturated heterocycles. The summed E-state index contributed by atoms with van der Waals surface area (Å²) in [6, 6.07) is 6.02. The summed E-state index contributed by atoms with van der Waals surface area (Å²) in [4.78, 5) is 10.6. The molecule has 1 heterocycles. The first-order valence-corrected chi connectivity index (χ1v) is 7.16. The lowest BCUT2D eigenvalue weighted by Crippen LogP contribution is -2.02. The first kappa shape index (κ1) is 13.8. The average Bonchev–Trinajstić information content (AvgIpc) is 3.22. The molecule has 0 amide bonds. The van der Waals surface area contributed by atoms with Crippen molar-refractivity contribution in [3.8, 4) is 5.75 Å². The summed E-state index contributed by atoms with van der Waals surface area (Å²) < 4.78 is 11.3. The van der Waals surface area contributed by atoms with Gasteiger partial charge >= 0.3 is 0 Å². The van der Waals surface area contributed by atoms with Crippen LogP contribution in [0.3, 0.4) is 0 Å². The smallest absolute Gasteiger partial charge is 0.145 e. The highest BCUT2D eigenvalue weighted by atomic mass is 16.5. The van der Waals surface area contributed by atoms with Crippen molar-refractivity contribution < 1.29 is 9.26 Å². The van der Waals surface area contributed by atoms with Gasteiger partial charge in [0.05, 0.1) is 0 Å². The zero-order valence-electron chi connectivity index (χ0n) is 12.3. The second kappa shape index (κ2) is 5.68. The minimum atomic E-state index is 0.0980. The third-order valence-corrected chi connectivity index (χ3v) is 3.83. The van der Waals surface area contributed by atoms with Crippen molar-refractivity contribution in [2.24, 2.45) is 5.18 Å². The fraction of sp³-hybridized carbons (Fsp3) is 0.438. The summed E-state index contributed by atoms with van der Waals surface area (Å²) in [6.07, 6.45) is 2.19. The topological polar surface area (TPSA) is 64.7 Å². The van der Waals surface area contributed by atoms with E-state index in [1.165, 1.54) is 0 Å². The molecule has 1 saturated carbocycles. The van der Waals surface area contributed by atoms with E-state index in [1.807, 2.05) is 32.0 Å². The molecule has 1 aliphatic rings. The van der Waals surface area contributed by atoms with Crippen LogP contribution in [0.25, 0.3) is 0 Å². The number of rotatable bonds is 6. The van der Waals surface area contributed by atoms with Gasteiger partial charge in [-0.2, -0.15) is 4.91 Å². The zero-order valence-corrected chi connectivity index (χ0v) is 12.3. The Hall–Kier alpha value is -2.17. The van der Waals surface area contributed by atoms with Crippen LogP contribution in [-0.2, 0) is 13.2 Å². The Morgan fingerprint density at radius 3 is 2.67 bits per heavy atom. The maximum Gasteiger partial charge on any atom is 0.145 e. The highest BCUT2D eigenvalue weighted by Gasteiger charge is 2.32. The van der Waals surface area contributed by atoms with Crippen molar-refractivity contribution >= 4 is 0 Å². The molecule has 0 atom stereocenters. The van der Waals surface area contributed by atoms with E-state index in [0.717, 1.165) is 41.0 Å². The predicted molar refractivity (Wildman–Crippen MR) is 78.2 cm³/mol. The SMILES string of the molecule is Cc1cccc(C)c1OCc1noc(C2CC2)c1CN=O. The molecule has 0 N–H and O–H groups in total. The van der Waals surface area contributed by atoms with Crippen molar-refractivity contribution in [2.75, 3.05) is 0 Å². The van der Waals surface area contributed by atoms with Gasteiger partial charge in [0.25, 0.3) is 0 Å². The van der Waals surface area contributed by atoms with Crippen LogP contribution in [0.5, 0.6) is 5.75 Å². The number of benzene rings is 1. The predicted octanol–water partition coefficient (Wildman–Crippen LogP) is 4.01. The molecule has 1 aliphatic carbocycles. The molecule has 5 nitrogen and oxygen atoms in total. The normalized spacial score (nSPS) is 14.2. The van der Waals surface area contributed by atoms with Gasteiger partial charge in [-0.25, -0.2) is 0 Å². The van der Waals surface area contributed by atoms with E-state index in [-0.39, 0.29) is 6.54 Å². The maximum atomic E-state index is 10.6. The van der Waals surface area contributed by atoms with E-state index in [9.17, 15) is 4.91 Å². The fourth-order valence-corrected chi connectivity index (χ4v) is 2.54. The van der Waals surface area contributed by atoms with E-state index >= 15 is 0 Å². The first-order valence-electron chi connectivity index (χ1n) is 7.16. The molecule has 0 unspecified atom stereocenters. The number of hydrogen-bond acceptors (Lipinski definition) is 5. The molecule has 0 radical (unpaired) electrons. The molecule has 21 heavy (non-hydrogen) atoms. The van der Waals surface area contributed by atoms with Crippen LogP contribution >= 0.6 is 0 Å². The van der Waals surface area contributed by atoms with Gasteiger partial charge in [0.1, 0.15) is 30.4 Å². The van der Waals surface area contributed by atoms with Gasteiger partial charge in [-0.1, -0.05) is 28.5 Å².